The van der Waals surface area contributed by atoms with Crippen LogP contribution in [0.15, 0.2) is 9.82 Å². The average molecular weight is 324 g/mol. The average Bonchev–Trinajstić information content (AvgIpc) is 2.78. The smallest absolute Gasteiger partial charge is 0.313 e. The molecule has 0 saturated heterocycles. The number of hydrogen-bond acceptors (Lipinski definition) is 6. The van der Waals surface area contributed by atoms with E-state index in [1.165, 1.54) is 11.8 Å². The van der Waals surface area contributed by atoms with Crippen LogP contribution in [0.2, 0.25) is 0 Å². The predicted molar refractivity (Wildman–Crippen MR) is 82.0 cm³/mol. The molecule has 8 nitrogen and oxygen atoms in total. The number of rotatable bonds is 6. The van der Waals surface area contributed by atoms with Gasteiger partial charge in [0.25, 0.3) is 11.5 Å². The fraction of sp³-hybridized carbons (Fsp3) is 0.385. The summed E-state index contributed by atoms with van der Waals surface area (Å²) < 4.78 is 4.81. The van der Waals surface area contributed by atoms with Gasteiger partial charge in [-0.1, -0.05) is 6.92 Å². The van der Waals surface area contributed by atoms with E-state index in [1.54, 1.807) is 6.92 Å². The highest BCUT2D eigenvalue weighted by Crippen LogP contribution is 2.26. The second-order valence-electron chi connectivity index (χ2n) is 4.34. The third-order valence-electron chi connectivity index (χ3n) is 2.83. The summed E-state index contributed by atoms with van der Waals surface area (Å²) in [6, 6.07) is 0. The number of carbonyl (C=O) groups is 2. The maximum atomic E-state index is 12.2. The van der Waals surface area contributed by atoms with Crippen molar-refractivity contribution >= 4 is 34.7 Å². The highest BCUT2D eigenvalue weighted by molar-refractivity contribution is 7.99. The lowest BCUT2D eigenvalue weighted by atomic mass is 10.2. The Morgan fingerprint density at radius 1 is 1.32 bits per heavy atom. The Bertz CT molecular complexity index is 780. The van der Waals surface area contributed by atoms with Crippen LogP contribution in [0.5, 0.6) is 0 Å². The van der Waals surface area contributed by atoms with E-state index in [-0.39, 0.29) is 35.4 Å². The zero-order valence-corrected chi connectivity index (χ0v) is 13.0. The summed E-state index contributed by atoms with van der Waals surface area (Å²) in [6.07, 6.45) is -0.153. The van der Waals surface area contributed by atoms with E-state index in [1.807, 2.05) is 6.92 Å². The highest BCUT2D eigenvalue weighted by atomic mass is 32.2. The summed E-state index contributed by atoms with van der Waals surface area (Å²) in [5.74, 6) is -0.329. The van der Waals surface area contributed by atoms with Gasteiger partial charge < -0.3 is 20.4 Å². The Labute approximate surface area is 129 Å². The van der Waals surface area contributed by atoms with E-state index in [2.05, 4.69) is 15.0 Å². The molecule has 1 amide bonds. The minimum Gasteiger partial charge on any atom is -0.466 e. The molecule has 2 rings (SSSR count). The number of nitrogens with two attached hydrogens (primary N) is 1. The van der Waals surface area contributed by atoms with Crippen molar-refractivity contribution in [3.8, 4) is 0 Å². The number of H-pyrrole nitrogens is 2. The van der Waals surface area contributed by atoms with Crippen LogP contribution >= 0.6 is 11.8 Å². The quantitative estimate of drug-likeness (QED) is 0.526. The largest absolute Gasteiger partial charge is 0.466 e. The number of nitrogens with zero attached hydrogens (tertiary/aromatic N) is 1. The monoisotopic (exact) mass is 324 g/mol. The molecule has 0 saturated carbocycles. The zero-order valence-electron chi connectivity index (χ0n) is 12.2. The van der Waals surface area contributed by atoms with Crippen LogP contribution in [0.4, 0.5) is 0 Å². The summed E-state index contributed by atoms with van der Waals surface area (Å²) in [7, 11) is 0. The molecule has 0 aromatic carbocycles. The minimum atomic E-state index is -0.701. The molecule has 0 aliphatic heterocycles. The van der Waals surface area contributed by atoms with Crippen molar-refractivity contribution in [1.82, 2.24) is 15.0 Å². The van der Waals surface area contributed by atoms with Crippen molar-refractivity contribution in [3.63, 3.8) is 0 Å². The molecular weight excluding hydrogens is 308 g/mol. The number of carbonyl (C=O) groups excluding carboxylic acids is 2. The van der Waals surface area contributed by atoms with Crippen LogP contribution in [0.25, 0.3) is 11.0 Å². The van der Waals surface area contributed by atoms with Crippen LogP contribution in [-0.2, 0) is 16.0 Å². The molecule has 0 spiro atoms. The Kier molecular flexibility index (Phi) is 4.86. The lowest BCUT2D eigenvalue weighted by Gasteiger charge is -2.01. The van der Waals surface area contributed by atoms with Gasteiger partial charge in [0.1, 0.15) is 17.9 Å². The number of amides is 1. The summed E-state index contributed by atoms with van der Waals surface area (Å²) >= 11 is 1.35. The van der Waals surface area contributed by atoms with Gasteiger partial charge in [-0.3, -0.25) is 14.4 Å². The lowest BCUT2D eigenvalue weighted by molar-refractivity contribution is -0.142. The first-order valence-electron chi connectivity index (χ1n) is 6.71. The van der Waals surface area contributed by atoms with E-state index < -0.39 is 17.4 Å². The third-order valence-corrected chi connectivity index (χ3v) is 3.71. The Balaban J connectivity index is 2.54. The van der Waals surface area contributed by atoms with Crippen LogP contribution in [0.1, 0.15) is 30.0 Å². The van der Waals surface area contributed by atoms with Gasteiger partial charge in [0.2, 0.25) is 0 Å². The van der Waals surface area contributed by atoms with Gasteiger partial charge in [0.05, 0.1) is 22.6 Å². The molecule has 2 aromatic heterocycles. The molecule has 4 N–H and O–H groups in total. The van der Waals surface area contributed by atoms with Crippen LogP contribution in [0.3, 0.4) is 0 Å². The fourth-order valence-electron chi connectivity index (χ4n) is 2.05. The minimum absolute atomic E-state index is 0.107. The summed E-state index contributed by atoms with van der Waals surface area (Å²) in [5, 5.41) is 0.604. The Morgan fingerprint density at radius 2 is 2.05 bits per heavy atom. The van der Waals surface area contributed by atoms with E-state index in [4.69, 9.17) is 10.5 Å². The lowest BCUT2D eigenvalue weighted by Crippen LogP contribution is -2.19. The number of aromatic amines is 2. The molecule has 0 aliphatic rings. The van der Waals surface area contributed by atoms with Crippen molar-refractivity contribution in [2.75, 3.05) is 12.4 Å². The van der Waals surface area contributed by atoms with Gasteiger partial charge in [0.15, 0.2) is 0 Å². The Morgan fingerprint density at radius 3 is 2.64 bits per heavy atom. The van der Waals surface area contributed by atoms with Crippen LogP contribution < -0.4 is 11.3 Å². The Hall–Kier alpha value is -2.29. The van der Waals surface area contributed by atoms with Crippen molar-refractivity contribution < 1.29 is 14.3 Å². The molecule has 0 radical (unpaired) electrons. The van der Waals surface area contributed by atoms with Crippen molar-refractivity contribution in [2.45, 2.75) is 25.3 Å². The molecule has 0 unspecified atom stereocenters. The molecule has 0 aliphatic carbocycles. The number of esters is 1. The van der Waals surface area contributed by atoms with Crippen molar-refractivity contribution in [2.24, 2.45) is 5.73 Å². The number of primary amides is 1. The first-order chi connectivity index (χ1) is 10.5. The standard InChI is InChI=1S/C13H16N4O4S/c1-3-21-7(18)5-6-15-11-9(12(20)16-6)8(10(14)19)13(17-11)22-4-2/h3-5H2,1-2H3,(H2,14,19)(H2,15,16,17,20). The number of thioether (sulfide) groups is 1. The maximum absolute atomic E-state index is 12.2. The molecule has 0 bridgehead atoms. The second-order valence-corrected chi connectivity index (χ2v) is 5.62. The number of ether oxygens (including phenoxy) is 1. The SMILES string of the molecule is CCOC(=O)Cc1nc2[nH]c(SCC)c(C(N)=O)c2c(=O)[nH]1. The summed E-state index contributed by atoms with van der Waals surface area (Å²) in [4.78, 5) is 44.8. The van der Waals surface area contributed by atoms with Crippen molar-refractivity contribution in [1.29, 1.82) is 0 Å². The van der Waals surface area contributed by atoms with Gasteiger partial charge >= 0.3 is 5.97 Å². The molecule has 0 atom stereocenters. The summed E-state index contributed by atoms with van der Waals surface area (Å²) in [6.45, 7) is 3.84. The van der Waals surface area contributed by atoms with Gasteiger partial charge in [-0.25, -0.2) is 4.98 Å². The molecule has 2 heterocycles. The second kappa shape index (κ2) is 6.65. The topological polar surface area (TPSA) is 131 Å². The normalized spacial score (nSPS) is 10.8. The van der Waals surface area contributed by atoms with Gasteiger partial charge in [-0.05, 0) is 12.7 Å². The van der Waals surface area contributed by atoms with E-state index in [0.717, 1.165) is 0 Å². The van der Waals surface area contributed by atoms with Crippen molar-refractivity contribution in [3.05, 3.63) is 21.7 Å². The molecule has 118 valence electrons. The molecular formula is C13H16N4O4S. The van der Waals surface area contributed by atoms with E-state index >= 15 is 0 Å². The van der Waals surface area contributed by atoms with Crippen LogP contribution in [0, 0.1) is 0 Å². The number of aromatic nitrogens is 3. The molecule has 2 aromatic rings. The zero-order chi connectivity index (χ0) is 16.3. The van der Waals surface area contributed by atoms with Gasteiger partial charge in [-0.2, -0.15) is 0 Å². The predicted octanol–water partition coefficient (Wildman–Crippen LogP) is 0.568. The van der Waals surface area contributed by atoms with Gasteiger partial charge in [-0.15, -0.1) is 11.8 Å². The third kappa shape index (κ3) is 3.14. The first-order valence-corrected chi connectivity index (χ1v) is 7.69. The van der Waals surface area contributed by atoms with Crippen LogP contribution in [-0.4, -0.2) is 39.2 Å². The van der Waals surface area contributed by atoms with E-state index in [9.17, 15) is 14.4 Å². The fourth-order valence-corrected chi connectivity index (χ4v) is 2.85. The number of nitrogens with one attached hydrogen (secondary N) is 2. The molecule has 0 fully saturated rings. The molecule has 9 heteroatoms. The first kappa shape index (κ1) is 16.1. The highest BCUT2D eigenvalue weighted by Gasteiger charge is 2.21. The van der Waals surface area contributed by atoms with E-state index in [0.29, 0.717) is 10.8 Å². The maximum Gasteiger partial charge on any atom is 0.313 e. The van der Waals surface area contributed by atoms with Gasteiger partial charge in [0, 0.05) is 0 Å². The number of fused-ring (bicyclic) bond motifs is 1. The molecule has 22 heavy (non-hydrogen) atoms. The summed E-state index contributed by atoms with van der Waals surface area (Å²) in [5.41, 5.74) is 5.19. The number of hydrogen-bond donors (Lipinski definition) is 3.